The molecule has 4 heteroatoms. The number of aromatic nitrogens is 2. The van der Waals surface area contributed by atoms with Crippen molar-refractivity contribution >= 4 is 0 Å². The molecule has 0 fully saturated rings. The number of methoxy groups -OCH3 is 2. The summed E-state index contributed by atoms with van der Waals surface area (Å²) in [6.45, 7) is 2.02. The number of hydrogen-bond acceptors (Lipinski definition) is 4. The molecule has 2 aromatic rings. The normalized spacial score (nSPS) is 10.1. The highest BCUT2D eigenvalue weighted by molar-refractivity contribution is 5.71. The van der Waals surface area contributed by atoms with Gasteiger partial charge in [0, 0.05) is 18.0 Å². The van der Waals surface area contributed by atoms with Crippen LogP contribution in [-0.4, -0.2) is 24.2 Å². The molecule has 0 unspecified atom stereocenters. The number of hydrogen-bond donors (Lipinski definition) is 0. The van der Waals surface area contributed by atoms with E-state index in [1.54, 1.807) is 26.6 Å². The highest BCUT2D eigenvalue weighted by Crippen LogP contribution is 2.33. The molecule has 0 bridgehead atoms. The van der Waals surface area contributed by atoms with Crippen LogP contribution in [0.3, 0.4) is 0 Å². The van der Waals surface area contributed by atoms with Gasteiger partial charge in [-0.2, -0.15) is 0 Å². The fourth-order valence-corrected chi connectivity index (χ4v) is 1.67. The van der Waals surface area contributed by atoms with Gasteiger partial charge in [0.2, 0.25) is 5.88 Å². The van der Waals surface area contributed by atoms with Gasteiger partial charge in [-0.05, 0) is 19.1 Å². The van der Waals surface area contributed by atoms with E-state index in [1.807, 2.05) is 25.1 Å². The van der Waals surface area contributed by atoms with Crippen LogP contribution < -0.4 is 9.47 Å². The first-order valence-electron chi connectivity index (χ1n) is 5.26. The minimum absolute atomic E-state index is 0.497. The molecule has 0 N–H and O–H groups in total. The van der Waals surface area contributed by atoms with Gasteiger partial charge < -0.3 is 9.47 Å². The summed E-state index contributed by atoms with van der Waals surface area (Å²) in [4.78, 5) is 8.44. The zero-order chi connectivity index (χ0) is 12.3. The molecule has 88 valence electrons. The summed E-state index contributed by atoms with van der Waals surface area (Å²) in [5.74, 6) is 1.26. The molecule has 4 nitrogen and oxygen atoms in total. The van der Waals surface area contributed by atoms with Crippen LogP contribution in [0.15, 0.2) is 30.6 Å². The molecule has 17 heavy (non-hydrogen) atoms. The third kappa shape index (κ3) is 2.20. The molecular weight excluding hydrogens is 216 g/mol. The number of ether oxygens (including phenoxy) is 2. The predicted octanol–water partition coefficient (Wildman–Crippen LogP) is 2.47. The zero-order valence-electron chi connectivity index (χ0n) is 10.1. The largest absolute Gasteiger partial charge is 0.496 e. The van der Waals surface area contributed by atoms with Gasteiger partial charge in [0.25, 0.3) is 0 Å². The van der Waals surface area contributed by atoms with Gasteiger partial charge in [-0.25, -0.2) is 9.97 Å². The molecule has 0 spiro atoms. The maximum Gasteiger partial charge on any atom is 0.240 e. The van der Waals surface area contributed by atoms with E-state index in [-0.39, 0.29) is 0 Å². The topological polar surface area (TPSA) is 44.2 Å². The van der Waals surface area contributed by atoms with Crippen molar-refractivity contribution in [3.05, 3.63) is 36.2 Å². The van der Waals surface area contributed by atoms with Crippen molar-refractivity contribution in [2.45, 2.75) is 6.92 Å². The van der Waals surface area contributed by atoms with E-state index in [4.69, 9.17) is 9.47 Å². The second-order valence-electron chi connectivity index (χ2n) is 3.62. The van der Waals surface area contributed by atoms with Crippen molar-refractivity contribution in [2.24, 2.45) is 0 Å². The Labute approximate surface area is 100 Å². The Bertz CT molecular complexity index is 527. The SMILES string of the molecule is COc1ccc(C)cc1-c1nccnc1OC. The van der Waals surface area contributed by atoms with Crippen molar-refractivity contribution < 1.29 is 9.47 Å². The van der Waals surface area contributed by atoms with E-state index in [0.29, 0.717) is 11.6 Å². The zero-order valence-corrected chi connectivity index (χ0v) is 10.1. The van der Waals surface area contributed by atoms with E-state index < -0.39 is 0 Å². The lowest BCUT2D eigenvalue weighted by molar-refractivity contribution is 0.395. The summed E-state index contributed by atoms with van der Waals surface area (Å²) < 4.78 is 10.5. The second-order valence-corrected chi connectivity index (χ2v) is 3.62. The summed E-state index contributed by atoms with van der Waals surface area (Å²) in [7, 11) is 3.22. The average Bonchev–Trinajstić information content (AvgIpc) is 2.38. The maximum absolute atomic E-state index is 5.33. The third-order valence-electron chi connectivity index (χ3n) is 2.47. The van der Waals surface area contributed by atoms with Crippen molar-refractivity contribution in [1.82, 2.24) is 9.97 Å². The van der Waals surface area contributed by atoms with E-state index >= 15 is 0 Å². The Hall–Kier alpha value is -2.10. The van der Waals surface area contributed by atoms with Crippen LogP contribution in [-0.2, 0) is 0 Å². The molecule has 1 aromatic carbocycles. The van der Waals surface area contributed by atoms with Crippen molar-refractivity contribution in [1.29, 1.82) is 0 Å². The van der Waals surface area contributed by atoms with E-state index in [1.165, 1.54) is 0 Å². The lowest BCUT2D eigenvalue weighted by Crippen LogP contribution is -1.96. The molecule has 0 aliphatic carbocycles. The van der Waals surface area contributed by atoms with Crippen LogP contribution in [0.5, 0.6) is 11.6 Å². The fraction of sp³-hybridized carbons (Fsp3) is 0.231. The van der Waals surface area contributed by atoms with Crippen LogP contribution in [0.25, 0.3) is 11.3 Å². The molecule has 0 radical (unpaired) electrons. The Morgan fingerprint density at radius 3 is 2.47 bits per heavy atom. The van der Waals surface area contributed by atoms with Crippen molar-refractivity contribution in [2.75, 3.05) is 14.2 Å². The van der Waals surface area contributed by atoms with E-state index in [0.717, 1.165) is 16.9 Å². The number of rotatable bonds is 3. The van der Waals surface area contributed by atoms with Gasteiger partial charge in [-0.1, -0.05) is 11.6 Å². The minimum Gasteiger partial charge on any atom is -0.496 e. The second kappa shape index (κ2) is 4.82. The highest BCUT2D eigenvalue weighted by Gasteiger charge is 2.13. The van der Waals surface area contributed by atoms with Gasteiger partial charge in [0.05, 0.1) is 14.2 Å². The molecule has 0 saturated heterocycles. The van der Waals surface area contributed by atoms with Crippen LogP contribution in [0, 0.1) is 6.92 Å². The van der Waals surface area contributed by atoms with Crippen LogP contribution >= 0.6 is 0 Å². The highest BCUT2D eigenvalue weighted by atomic mass is 16.5. The lowest BCUT2D eigenvalue weighted by Gasteiger charge is -2.10. The van der Waals surface area contributed by atoms with Crippen molar-refractivity contribution in [3.63, 3.8) is 0 Å². The van der Waals surface area contributed by atoms with E-state index in [9.17, 15) is 0 Å². The molecule has 0 saturated carbocycles. The fourth-order valence-electron chi connectivity index (χ4n) is 1.67. The number of benzene rings is 1. The predicted molar refractivity (Wildman–Crippen MR) is 65.3 cm³/mol. The summed E-state index contributed by atoms with van der Waals surface area (Å²) in [5.41, 5.74) is 2.71. The number of nitrogens with zero attached hydrogens (tertiary/aromatic N) is 2. The quantitative estimate of drug-likeness (QED) is 0.812. The van der Waals surface area contributed by atoms with Gasteiger partial charge in [0.15, 0.2) is 0 Å². The van der Waals surface area contributed by atoms with Gasteiger partial charge >= 0.3 is 0 Å². The molecule has 0 atom stereocenters. The monoisotopic (exact) mass is 230 g/mol. The smallest absolute Gasteiger partial charge is 0.240 e. The van der Waals surface area contributed by atoms with Crippen molar-refractivity contribution in [3.8, 4) is 22.9 Å². The average molecular weight is 230 g/mol. The van der Waals surface area contributed by atoms with E-state index in [2.05, 4.69) is 9.97 Å². The lowest BCUT2D eigenvalue weighted by atomic mass is 10.1. The molecule has 2 rings (SSSR count). The Morgan fingerprint density at radius 1 is 1.00 bits per heavy atom. The first kappa shape index (κ1) is 11.4. The Balaban J connectivity index is 2.62. The summed E-state index contributed by atoms with van der Waals surface area (Å²) in [5, 5.41) is 0. The molecule has 0 aliphatic heterocycles. The van der Waals surface area contributed by atoms with Crippen LogP contribution in [0.1, 0.15) is 5.56 Å². The first-order valence-corrected chi connectivity index (χ1v) is 5.26. The van der Waals surface area contributed by atoms with Gasteiger partial charge in [-0.3, -0.25) is 0 Å². The maximum atomic E-state index is 5.33. The van der Waals surface area contributed by atoms with Gasteiger partial charge in [0.1, 0.15) is 11.4 Å². The third-order valence-corrected chi connectivity index (χ3v) is 2.47. The Kier molecular flexibility index (Phi) is 3.23. The Morgan fingerprint density at radius 2 is 1.76 bits per heavy atom. The summed E-state index contributed by atoms with van der Waals surface area (Å²) in [6, 6.07) is 5.91. The first-order chi connectivity index (χ1) is 8.26. The van der Waals surface area contributed by atoms with Crippen LogP contribution in [0.4, 0.5) is 0 Å². The molecule has 1 heterocycles. The standard InChI is InChI=1S/C13H14N2O2/c1-9-4-5-11(16-2)10(8-9)12-13(17-3)15-7-6-14-12/h4-8H,1-3H3. The summed E-state index contributed by atoms with van der Waals surface area (Å²) in [6.07, 6.45) is 3.24. The minimum atomic E-state index is 0.497. The molecular formula is C13H14N2O2. The molecule has 0 aliphatic rings. The number of aryl methyl sites for hydroxylation is 1. The van der Waals surface area contributed by atoms with Crippen LogP contribution in [0.2, 0.25) is 0 Å². The molecule has 0 amide bonds. The molecule has 1 aromatic heterocycles. The van der Waals surface area contributed by atoms with Gasteiger partial charge in [-0.15, -0.1) is 0 Å². The summed E-state index contributed by atoms with van der Waals surface area (Å²) >= 11 is 0.